The molecule has 4 rings (SSSR count). The lowest BCUT2D eigenvalue weighted by Crippen LogP contribution is -2.25. The number of nitrogens with two attached hydrogens (primary N) is 1. The zero-order valence-electron chi connectivity index (χ0n) is 18.5. The first-order valence-corrected chi connectivity index (χ1v) is 10.4. The molecule has 0 fully saturated rings. The van der Waals surface area contributed by atoms with Crippen molar-refractivity contribution in [3.63, 3.8) is 0 Å². The molecule has 0 spiro atoms. The van der Waals surface area contributed by atoms with Gasteiger partial charge in [0.2, 0.25) is 11.9 Å². The lowest BCUT2D eigenvalue weighted by molar-refractivity contribution is 0.000532. The second kappa shape index (κ2) is 8.26. The van der Waals surface area contributed by atoms with Crippen molar-refractivity contribution in [2.75, 3.05) is 5.73 Å². The Morgan fingerprint density at radius 2 is 1.88 bits per heavy atom. The van der Waals surface area contributed by atoms with E-state index in [1.807, 2.05) is 27.7 Å². The highest BCUT2D eigenvalue weighted by molar-refractivity contribution is 6.03. The standard InChI is InChI=1S/C24H25F2N5O/c1-13-21-19(30-23(27)29-13)10-14(11-20(21)31-32-24(2,3)4)16-8-7-15(25)12-18(16)17-6-5-9-28-22(17)26/h5-9,12,14H,10-11H2,1-4H3,(H2,27,29,30). The zero-order chi connectivity index (χ0) is 23.0. The Hall–Kier alpha value is -3.42. The van der Waals surface area contributed by atoms with Gasteiger partial charge < -0.3 is 10.6 Å². The molecule has 2 heterocycles. The smallest absolute Gasteiger partial charge is 0.220 e. The van der Waals surface area contributed by atoms with Gasteiger partial charge in [-0.25, -0.2) is 19.3 Å². The molecule has 1 aliphatic carbocycles. The topological polar surface area (TPSA) is 86.3 Å². The van der Waals surface area contributed by atoms with E-state index in [0.717, 1.165) is 22.5 Å². The Labute approximate surface area is 185 Å². The van der Waals surface area contributed by atoms with Gasteiger partial charge in [-0.05, 0) is 75.4 Å². The molecule has 0 radical (unpaired) electrons. The van der Waals surface area contributed by atoms with Crippen molar-refractivity contribution in [3.05, 3.63) is 70.8 Å². The highest BCUT2D eigenvalue weighted by atomic mass is 19.1. The molecule has 0 saturated carbocycles. The second-order valence-electron chi connectivity index (χ2n) is 8.91. The number of nitrogens with zero attached hydrogens (tertiary/aromatic N) is 4. The molecular weight excluding hydrogens is 412 g/mol. The van der Waals surface area contributed by atoms with Crippen molar-refractivity contribution in [2.24, 2.45) is 5.16 Å². The predicted octanol–water partition coefficient (Wildman–Crippen LogP) is 4.96. The second-order valence-corrected chi connectivity index (χ2v) is 8.91. The maximum atomic E-state index is 14.5. The molecule has 0 saturated heterocycles. The van der Waals surface area contributed by atoms with Gasteiger partial charge in [0.1, 0.15) is 11.4 Å². The number of halogens is 2. The monoisotopic (exact) mass is 437 g/mol. The number of oxime groups is 1. The van der Waals surface area contributed by atoms with Gasteiger partial charge in [-0.2, -0.15) is 4.39 Å². The predicted molar refractivity (Wildman–Crippen MR) is 119 cm³/mol. The van der Waals surface area contributed by atoms with Gasteiger partial charge in [0.15, 0.2) is 0 Å². The molecule has 2 aromatic heterocycles. The van der Waals surface area contributed by atoms with Crippen molar-refractivity contribution < 1.29 is 13.6 Å². The Bertz CT molecular complexity index is 1200. The quantitative estimate of drug-likeness (QED) is 0.462. The van der Waals surface area contributed by atoms with E-state index in [1.54, 1.807) is 18.2 Å². The molecule has 1 aromatic carbocycles. The summed E-state index contributed by atoms with van der Waals surface area (Å²) in [6.07, 6.45) is 2.39. The summed E-state index contributed by atoms with van der Waals surface area (Å²) in [5.74, 6) is -1.07. The molecule has 32 heavy (non-hydrogen) atoms. The molecular formula is C24H25F2N5O. The minimum atomic E-state index is -0.650. The van der Waals surface area contributed by atoms with Crippen LogP contribution in [0.25, 0.3) is 11.1 Å². The molecule has 166 valence electrons. The molecule has 3 aromatic rings. The highest BCUT2D eigenvalue weighted by Gasteiger charge is 2.31. The Kier molecular flexibility index (Phi) is 5.62. The number of anilines is 1. The van der Waals surface area contributed by atoms with Gasteiger partial charge in [-0.15, -0.1) is 0 Å². The fourth-order valence-corrected chi connectivity index (χ4v) is 4.02. The number of hydrogen-bond acceptors (Lipinski definition) is 6. The number of rotatable bonds is 3. The van der Waals surface area contributed by atoms with E-state index < -0.39 is 17.4 Å². The van der Waals surface area contributed by atoms with Crippen LogP contribution in [0.5, 0.6) is 0 Å². The van der Waals surface area contributed by atoms with Crippen molar-refractivity contribution >= 4 is 11.7 Å². The highest BCUT2D eigenvalue weighted by Crippen LogP contribution is 2.39. The van der Waals surface area contributed by atoms with Crippen molar-refractivity contribution in [1.29, 1.82) is 0 Å². The largest absolute Gasteiger partial charge is 0.390 e. The lowest BCUT2D eigenvalue weighted by atomic mass is 9.78. The van der Waals surface area contributed by atoms with Crippen LogP contribution in [-0.4, -0.2) is 26.3 Å². The van der Waals surface area contributed by atoms with Gasteiger partial charge in [0, 0.05) is 23.7 Å². The minimum Gasteiger partial charge on any atom is -0.390 e. The average Bonchev–Trinajstić information content (AvgIpc) is 2.71. The van der Waals surface area contributed by atoms with Crippen LogP contribution >= 0.6 is 0 Å². The van der Waals surface area contributed by atoms with Gasteiger partial charge in [0.25, 0.3) is 0 Å². The number of aryl methyl sites for hydroxylation is 1. The molecule has 8 heteroatoms. The molecule has 0 bridgehead atoms. The number of fused-ring (bicyclic) bond motifs is 1. The first-order chi connectivity index (χ1) is 15.1. The summed E-state index contributed by atoms with van der Waals surface area (Å²) in [4.78, 5) is 18.2. The van der Waals surface area contributed by atoms with Crippen LogP contribution in [0, 0.1) is 18.7 Å². The molecule has 1 aliphatic rings. The third kappa shape index (κ3) is 4.44. The third-order valence-corrected chi connectivity index (χ3v) is 5.28. The average molecular weight is 437 g/mol. The van der Waals surface area contributed by atoms with Crippen molar-refractivity contribution in [3.8, 4) is 11.1 Å². The number of pyridine rings is 1. The van der Waals surface area contributed by atoms with Gasteiger partial charge in [0.05, 0.1) is 17.1 Å². The fraction of sp³-hybridized carbons (Fsp3) is 0.333. The summed E-state index contributed by atoms with van der Waals surface area (Å²) in [6, 6.07) is 7.63. The van der Waals surface area contributed by atoms with Crippen LogP contribution in [-0.2, 0) is 11.3 Å². The maximum Gasteiger partial charge on any atom is 0.220 e. The van der Waals surface area contributed by atoms with Crippen molar-refractivity contribution in [1.82, 2.24) is 15.0 Å². The van der Waals surface area contributed by atoms with Gasteiger partial charge in [-0.1, -0.05) is 11.2 Å². The van der Waals surface area contributed by atoms with Gasteiger partial charge in [-0.3, -0.25) is 0 Å². The SMILES string of the molecule is Cc1nc(N)nc2c1C(=NOC(C)(C)C)CC(c1ccc(F)cc1-c1cccnc1F)C2. The van der Waals surface area contributed by atoms with Gasteiger partial charge >= 0.3 is 0 Å². The van der Waals surface area contributed by atoms with E-state index in [1.165, 1.54) is 18.3 Å². The summed E-state index contributed by atoms with van der Waals surface area (Å²) < 4.78 is 28.7. The van der Waals surface area contributed by atoms with E-state index in [0.29, 0.717) is 24.1 Å². The summed E-state index contributed by atoms with van der Waals surface area (Å²) in [7, 11) is 0. The van der Waals surface area contributed by atoms with E-state index in [9.17, 15) is 8.78 Å². The van der Waals surface area contributed by atoms with Crippen molar-refractivity contribution in [2.45, 2.75) is 52.1 Å². The number of hydrogen-bond donors (Lipinski definition) is 1. The third-order valence-electron chi connectivity index (χ3n) is 5.28. The number of nitrogen functional groups attached to an aromatic ring is 1. The van der Waals surface area contributed by atoms with E-state index in [2.05, 4.69) is 20.1 Å². The van der Waals surface area contributed by atoms with Crippen LogP contribution in [0.2, 0.25) is 0 Å². The first-order valence-electron chi connectivity index (χ1n) is 10.4. The van der Waals surface area contributed by atoms with E-state index >= 15 is 0 Å². The number of aromatic nitrogens is 3. The van der Waals surface area contributed by atoms with Crippen LogP contribution in [0.4, 0.5) is 14.7 Å². The summed E-state index contributed by atoms with van der Waals surface area (Å²) in [5.41, 5.74) is 9.88. The molecule has 1 atom stereocenters. The lowest BCUT2D eigenvalue weighted by Gasteiger charge is -2.28. The molecule has 2 N–H and O–H groups in total. The molecule has 0 amide bonds. The summed E-state index contributed by atoms with van der Waals surface area (Å²) in [5, 5.41) is 4.43. The van der Waals surface area contributed by atoms with Crippen LogP contribution in [0.3, 0.4) is 0 Å². The van der Waals surface area contributed by atoms with Crippen LogP contribution in [0.15, 0.2) is 41.7 Å². The summed E-state index contributed by atoms with van der Waals surface area (Å²) >= 11 is 0. The normalized spacial score (nSPS) is 17.3. The molecule has 6 nitrogen and oxygen atoms in total. The fourth-order valence-electron chi connectivity index (χ4n) is 4.02. The molecule has 1 unspecified atom stereocenters. The number of benzene rings is 1. The van der Waals surface area contributed by atoms with E-state index in [4.69, 9.17) is 10.6 Å². The Balaban J connectivity index is 1.85. The molecule has 0 aliphatic heterocycles. The Morgan fingerprint density at radius 3 is 2.59 bits per heavy atom. The Morgan fingerprint density at radius 1 is 1.09 bits per heavy atom. The minimum absolute atomic E-state index is 0.145. The first kappa shape index (κ1) is 21.8. The van der Waals surface area contributed by atoms with Crippen LogP contribution in [0.1, 0.15) is 55.6 Å². The zero-order valence-corrected chi connectivity index (χ0v) is 18.5. The van der Waals surface area contributed by atoms with Crippen LogP contribution < -0.4 is 5.73 Å². The summed E-state index contributed by atoms with van der Waals surface area (Å²) in [6.45, 7) is 7.59. The maximum absolute atomic E-state index is 14.5. The van der Waals surface area contributed by atoms with E-state index in [-0.39, 0.29) is 17.4 Å².